The lowest BCUT2D eigenvalue weighted by molar-refractivity contribution is 0.660. The van der Waals surface area contributed by atoms with Crippen LogP contribution in [0, 0.1) is 0 Å². The number of para-hydroxylation sites is 2. The van der Waals surface area contributed by atoms with Crippen molar-refractivity contribution in [3.63, 3.8) is 0 Å². The van der Waals surface area contributed by atoms with Gasteiger partial charge in [-0.05, 0) is 162 Å². The van der Waals surface area contributed by atoms with Crippen LogP contribution in [-0.2, 0) is 10.8 Å². The maximum absolute atomic E-state index is 2.54. The zero-order valence-corrected chi connectivity index (χ0v) is 48.0. The topological polar surface area (TPSA) is 13.1 Å². The molecule has 0 spiro atoms. The third-order valence-corrected chi connectivity index (χ3v) is 19.1. The van der Waals surface area contributed by atoms with Crippen LogP contribution >= 0.6 is 0 Å². The van der Waals surface area contributed by atoms with Gasteiger partial charge in [0, 0.05) is 66.4 Å². The smallest absolute Gasteiger partial charge is 0.0620 e. The maximum Gasteiger partial charge on any atom is 0.0620 e. The molecule has 0 aliphatic heterocycles. The molecule has 0 amide bonds. The molecule has 17 rings (SSSR count). The molecule has 13 aromatic carbocycles. The molecule has 0 bridgehead atoms. The molecule has 2 aliphatic rings. The highest BCUT2D eigenvalue weighted by atomic mass is 15.1. The van der Waals surface area contributed by atoms with Gasteiger partial charge in [0.2, 0.25) is 0 Å². The van der Waals surface area contributed by atoms with Crippen LogP contribution in [0.3, 0.4) is 0 Å². The molecule has 3 nitrogen and oxygen atoms in total. The van der Waals surface area contributed by atoms with Gasteiger partial charge in [-0.1, -0.05) is 234 Å². The van der Waals surface area contributed by atoms with Crippen molar-refractivity contribution in [1.29, 1.82) is 0 Å². The Hall–Kier alpha value is -10.5. The number of anilines is 3. The summed E-state index contributed by atoms with van der Waals surface area (Å²) in [6.07, 6.45) is 0. The van der Waals surface area contributed by atoms with Crippen molar-refractivity contribution in [2.24, 2.45) is 0 Å². The summed E-state index contributed by atoms with van der Waals surface area (Å²) in [7, 11) is 0. The summed E-state index contributed by atoms with van der Waals surface area (Å²) in [6.45, 7) is 9.61. The van der Waals surface area contributed by atoms with E-state index in [-0.39, 0.29) is 10.8 Å². The minimum Gasteiger partial charge on any atom is -0.310 e. The molecule has 0 N–H and O–H groups in total. The van der Waals surface area contributed by atoms with Crippen molar-refractivity contribution in [2.45, 2.75) is 38.5 Å². The quantitative estimate of drug-likeness (QED) is 0.148. The van der Waals surface area contributed by atoms with E-state index in [9.17, 15) is 0 Å². The van der Waals surface area contributed by atoms with Crippen molar-refractivity contribution in [3.8, 4) is 67.1 Å². The highest BCUT2D eigenvalue weighted by molar-refractivity contribution is 6.19. The van der Waals surface area contributed by atoms with Crippen LogP contribution in [0.25, 0.3) is 121 Å². The standard InChI is InChI=1S/C82H59N3/c1-81(2)72-33-18-16-29-64(72)66-42-38-60(50-74(66)81)83(59-40-46-77-71(49-59)68-30-17-19-34-76(68)84(77)57-27-12-7-13-28-57)61-39-43-67-65-41-36-56(48-73(65)82(3,4)75(67)51-61)62-31-20-32-69-63(62)44-45-70-78(53-22-8-5-9-23-53)79(54-24-10-6-11-25-54)85(80(69)70)58-37-35-52-21-14-15-26-55(52)47-58/h5-51H,1-4H3. The number of aromatic nitrogens is 2. The molecule has 3 heteroatoms. The second-order valence-electron chi connectivity index (χ2n) is 24.4. The van der Waals surface area contributed by atoms with Crippen LogP contribution in [0.4, 0.5) is 17.1 Å². The average Bonchev–Trinajstić information content (AvgIpc) is 2.23. The van der Waals surface area contributed by atoms with E-state index in [2.05, 4.69) is 327 Å². The molecule has 0 fully saturated rings. The number of benzene rings is 13. The molecule has 402 valence electrons. The molecule has 0 saturated carbocycles. The van der Waals surface area contributed by atoms with Crippen molar-refractivity contribution in [1.82, 2.24) is 9.13 Å². The van der Waals surface area contributed by atoms with E-state index in [4.69, 9.17) is 0 Å². The molecule has 0 radical (unpaired) electrons. The van der Waals surface area contributed by atoms with Crippen molar-refractivity contribution >= 4 is 71.3 Å². The van der Waals surface area contributed by atoms with Gasteiger partial charge in [0.1, 0.15) is 0 Å². The van der Waals surface area contributed by atoms with Gasteiger partial charge in [-0.25, -0.2) is 0 Å². The van der Waals surface area contributed by atoms with Gasteiger partial charge in [-0.3, -0.25) is 0 Å². The van der Waals surface area contributed by atoms with Gasteiger partial charge in [-0.2, -0.15) is 0 Å². The van der Waals surface area contributed by atoms with E-state index in [1.54, 1.807) is 0 Å². The fraction of sp³-hybridized carbons (Fsp3) is 0.0732. The Balaban J connectivity index is 0.823. The molecule has 2 aromatic heterocycles. The zero-order valence-electron chi connectivity index (χ0n) is 48.0. The first-order valence-corrected chi connectivity index (χ1v) is 29.8. The van der Waals surface area contributed by atoms with Gasteiger partial charge >= 0.3 is 0 Å². The normalized spacial score (nSPS) is 13.6. The van der Waals surface area contributed by atoms with E-state index in [1.807, 2.05) is 0 Å². The third kappa shape index (κ3) is 7.33. The molecule has 85 heavy (non-hydrogen) atoms. The molecular weight excluding hydrogens is 1030 g/mol. The highest BCUT2D eigenvalue weighted by Gasteiger charge is 2.38. The summed E-state index contributed by atoms with van der Waals surface area (Å²) in [5.74, 6) is 0. The number of nitrogens with zero attached hydrogens (tertiary/aromatic N) is 3. The predicted molar refractivity (Wildman–Crippen MR) is 359 cm³/mol. The first-order valence-electron chi connectivity index (χ1n) is 29.8. The number of fused-ring (bicyclic) bond motifs is 13. The van der Waals surface area contributed by atoms with Crippen molar-refractivity contribution < 1.29 is 0 Å². The summed E-state index contributed by atoms with van der Waals surface area (Å²) in [6, 6.07) is 107. The Kier molecular flexibility index (Phi) is 10.7. The number of rotatable bonds is 8. The molecule has 0 saturated heterocycles. The second-order valence-corrected chi connectivity index (χ2v) is 24.4. The minimum atomic E-state index is -0.311. The lowest BCUT2D eigenvalue weighted by atomic mass is 9.81. The fourth-order valence-corrected chi connectivity index (χ4v) is 15.0. The summed E-state index contributed by atoms with van der Waals surface area (Å²) in [5.41, 5.74) is 26.7. The largest absolute Gasteiger partial charge is 0.310 e. The first kappa shape index (κ1) is 49.2. The number of hydrogen-bond donors (Lipinski definition) is 0. The van der Waals surface area contributed by atoms with Crippen LogP contribution in [0.5, 0.6) is 0 Å². The molecule has 0 atom stereocenters. The van der Waals surface area contributed by atoms with Crippen LogP contribution < -0.4 is 4.90 Å². The molecule has 0 unspecified atom stereocenters. The maximum atomic E-state index is 2.54. The lowest BCUT2D eigenvalue weighted by Crippen LogP contribution is -2.18. The van der Waals surface area contributed by atoms with E-state index in [1.165, 1.54) is 132 Å². The molecule has 2 aliphatic carbocycles. The average molecular weight is 1090 g/mol. The fourth-order valence-electron chi connectivity index (χ4n) is 15.0. The SMILES string of the molecule is CC1(C)c2ccccc2-c2ccc(N(c3ccc4c(c3)C(C)(C)c3cc(-c5cccc6c5ccc5c(-c7ccccc7)c(-c7ccccc7)n(-c7ccc8ccccc8c7)c56)ccc3-4)c3ccc4c(c3)c3ccccc3n4-c3ccccc3)cc21. The van der Waals surface area contributed by atoms with E-state index in [0.29, 0.717) is 0 Å². The van der Waals surface area contributed by atoms with Crippen LogP contribution in [0.2, 0.25) is 0 Å². The predicted octanol–water partition coefficient (Wildman–Crippen LogP) is 22.1. The Morgan fingerprint density at radius 2 is 0.824 bits per heavy atom. The van der Waals surface area contributed by atoms with Crippen molar-refractivity contribution in [2.75, 3.05) is 4.90 Å². The summed E-state index contributed by atoms with van der Waals surface area (Å²) in [5, 5.41) is 8.58. The Bertz CT molecular complexity index is 5230. The summed E-state index contributed by atoms with van der Waals surface area (Å²) >= 11 is 0. The van der Waals surface area contributed by atoms with Crippen molar-refractivity contribution in [3.05, 3.63) is 307 Å². The van der Waals surface area contributed by atoms with Gasteiger partial charge in [0.25, 0.3) is 0 Å². The Morgan fingerprint density at radius 3 is 1.58 bits per heavy atom. The third-order valence-electron chi connectivity index (χ3n) is 19.1. The summed E-state index contributed by atoms with van der Waals surface area (Å²) < 4.78 is 4.95. The number of hydrogen-bond acceptors (Lipinski definition) is 1. The van der Waals surface area contributed by atoms with Gasteiger partial charge in [0.05, 0.1) is 22.2 Å². The minimum absolute atomic E-state index is 0.159. The van der Waals surface area contributed by atoms with E-state index < -0.39 is 0 Å². The summed E-state index contributed by atoms with van der Waals surface area (Å²) in [4.78, 5) is 2.51. The molecule has 15 aromatic rings. The van der Waals surface area contributed by atoms with E-state index >= 15 is 0 Å². The lowest BCUT2D eigenvalue weighted by Gasteiger charge is -2.30. The van der Waals surface area contributed by atoms with Gasteiger partial charge in [-0.15, -0.1) is 0 Å². The molecular formula is C82H59N3. The first-order chi connectivity index (χ1) is 41.7. The molecule has 2 heterocycles. The van der Waals surface area contributed by atoms with Crippen LogP contribution in [-0.4, -0.2) is 9.13 Å². The Labute approximate surface area is 495 Å². The van der Waals surface area contributed by atoms with Gasteiger partial charge in [0.15, 0.2) is 0 Å². The van der Waals surface area contributed by atoms with Gasteiger partial charge < -0.3 is 14.0 Å². The Morgan fingerprint density at radius 1 is 0.282 bits per heavy atom. The van der Waals surface area contributed by atoms with Crippen LogP contribution in [0.15, 0.2) is 285 Å². The monoisotopic (exact) mass is 1090 g/mol. The zero-order chi connectivity index (χ0) is 56.7. The van der Waals surface area contributed by atoms with E-state index in [0.717, 1.165) is 28.4 Å². The van der Waals surface area contributed by atoms with Crippen LogP contribution in [0.1, 0.15) is 49.9 Å². The highest BCUT2D eigenvalue weighted by Crippen LogP contribution is 2.55. The second kappa shape index (κ2) is 18.5.